The number of carbonyl (C=O) groups excluding carboxylic acids is 2. The van der Waals surface area contributed by atoms with Crippen LogP contribution in [0.3, 0.4) is 0 Å². The summed E-state index contributed by atoms with van der Waals surface area (Å²) < 4.78 is 16.4. The molecule has 1 saturated heterocycles. The van der Waals surface area contributed by atoms with Crippen molar-refractivity contribution in [2.24, 2.45) is 0 Å². The van der Waals surface area contributed by atoms with Crippen LogP contribution in [0.4, 0.5) is 0 Å². The number of amides is 2. The summed E-state index contributed by atoms with van der Waals surface area (Å²) in [4.78, 5) is 33.9. The summed E-state index contributed by atoms with van der Waals surface area (Å²) in [6.45, 7) is 0.799. The van der Waals surface area contributed by atoms with Gasteiger partial charge in [0, 0.05) is 42.2 Å². The van der Waals surface area contributed by atoms with Crippen LogP contribution in [0.1, 0.15) is 22.9 Å². The molecule has 2 aliphatic rings. The first-order valence-corrected chi connectivity index (χ1v) is 11.0. The molecular formula is C25H27N3O5. The highest BCUT2D eigenvalue weighted by Gasteiger charge is 2.48. The molecule has 2 aliphatic heterocycles. The van der Waals surface area contributed by atoms with Crippen LogP contribution in [0.25, 0.3) is 10.9 Å². The molecule has 8 heteroatoms. The topological polar surface area (TPSA) is 84.1 Å². The van der Waals surface area contributed by atoms with E-state index in [1.165, 1.54) is 0 Å². The quantitative estimate of drug-likeness (QED) is 0.625. The van der Waals surface area contributed by atoms with Gasteiger partial charge in [-0.05, 0) is 17.7 Å². The van der Waals surface area contributed by atoms with E-state index >= 15 is 0 Å². The van der Waals surface area contributed by atoms with Crippen molar-refractivity contribution >= 4 is 22.7 Å². The third-order valence-corrected chi connectivity index (χ3v) is 6.64. The van der Waals surface area contributed by atoms with Gasteiger partial charge in [0.1, 0.15) is 12.1 Å². The Morgan fingerprint density at radius 2 is 1.85 bits per heavy atom. The second-order valence-corrected chi connectivity index (χ2v) is 8.32. The Morgan fingerprint density at radius 1 is 1.03 bits per heavy atom. The number of carbonyl (C=O) groups is 2. The Balaban J connectivity index is 1.71. The van der Waals surface area contributed by atoms with Crippen molar-refractivity contribution in [3.63, 3.8) is 0 Å². The van der Waals surface area contributed by atoms with Crippen LogP contribution >= 0.6 is 0 Å². The number of ether oxygens (including phenoxy) is 3. The number of benzene rings is 2. The third kappa shape index (κ3) is 3.33. The number of methoxy groups -OCH3 is 3. The van der Waals surface area contributed by atoms with Gasteiger partial charge in [-0.25, -0.2) is 0 Å². The van der Waals surface area contributed by atoms with E-state index in [-0.39, 0.29) is 18.4 Å². The highest BCUT2D eigenvalue weighted by atomic mass is 16.5. The number of piperazine rings is 1. The molecule has 0 bridgehead atoms. The van der Waals surface area contributed by atoms with Crippen molar-refractivity contribution in [1.29, 1.82) is 0 Å². The minimum atomic E-state index is -0.601. The Bertz CT molecular complexity index is 1220. The highest BCUT2D eigenvalue weighted by Crippen LogP contribution is 2.46. The van der Waals surface area contributed by atoms with Gasteiger partial charge in [-0.1, -0.05) is 30.3 Å². The molecule has 0 radical (unpaired) electrons. The number of aromatic amines is 1. The molecule has 2 amide bonds. The second-order valence-electron chi connectivity index (χ2n) is 8.32. The normalized spacial score (nSPS) is 20.1. The van der Waals surface area contributed by atoms with Gasteiger partial charge in [0.25, 0.3) is 0 Å². The highest BCUT2D eigenvalue weighted by molar-refractivity contribution is 5.97. The van der Waals surface area contributed by atoms with Crippen LogP contribution in [-0.4, -0.2) is 73.7 Å². The number of H-pyrrole nitrogens is 1. The number of hydrogen-bond acceptors (Lipinski definition) is 5. The summed E-state index contributed by atoms with van der Waals surface area (Å²) in [5, 5.41) is 1.06. The minimum absolute atomic E-state index is 0.0248. The first kappa shape index (κ1) is 21.3. The number of nitrogens with zero attached hydrogens (tertiary/aromatic N) is 2. The average Bonchev–Trinajstić information content (AvgIpc) is 3.22. The maximum Gasteiger partial charge on any atom is 0.246 e. The van der Waals surface area contributed by atoms with Gasteiger partial charge in [0.15, 0.2) is 11.5 Å². The number of aromatic nitrogens is 1. The lowest BCUT2D eigenvalue weighted by atomic mass is 9.85. The van der Waals surface area contributed by atoms with Gasteiger partial charge in [0.2, 0.25) is 11.8 Å². The fraction of sp³-hybridized carbons (Fsp3) is 0.360. The molecule has 172 valence electrons. The van der Waals surface area contributed by atoms with E-state index in [0.29, 0.717) is 31.1 Å². The number of hydrogen-bond donors (Lipinski definition) is 1. The van der Waals surface area contributed by atoms with Crippen molar-refractivity contribution in [3.05, 3.63) is 59.3 Å². The molecule has 3 aromatic rings. The largest absolute Gasteiger partial charge is 0.493 e. The Hall–Kier alpha value is -3.52. The van der Waals surface area contributed by atoms with Crippen LogP contribution in [0.5, 0.6) is 11.5 Å². The van der Waals surface area contributed by atoms with Crippen molar-refractivity contribution in [3.8, 4) is 11.5 Å². The van der Waals surface area contributed by atoms with E-state index in [1.54, 1.807) is 31.1 Å². The van der Waals surface area contributed by atoms with E-state index in [2.05, 4.69) is 11.1 Å². The van der Waals surface area contributed by atoms with Crippen molar-refractivity contribution < 1.29 is 23.8 Å². The number of fused-ring (bicyclic) bond motifs is 4. The molecule has 1 N–H and O–H groups in total. The summed E-state index contributed by atoms with van der Waals surface area (Å²) in [5.74, 6) is 0.967. The standard InChI is InChI=1S/C25H27N3O5/c1-31-12-11-27-14-21(29)28-19(25(27)30)13-17-15-7-4-5-9-18(15)26-22(17)23(28)16-8-6-10-20(32-2)24(16)33-3/h4-10,19,23,26H,11-14H2,1-3H3/t19-,23-/m0/s1. The van der Waals surface area contributed by atoms with E-state index in [1.807, 2.05) is 36.4 Å². The lowest BCUT2D eigenvalue weighted by molar-refractivity contribution is -0.159. The van der Waals surface area contributed by atoms with Crippen LogP contribution in [0, 0.1) is 0 Å². The molecule has 8 nitrogen and oxygen atoms in total. The summed E-state index contributed by atoms with van der Waals surface area (Å²) in [5.41, 5.74) is 3.72. The maximum absolute atomic E-state index is 13.5. The smallest absolute Gasteiger partial charge is 0.246 e. The molecule has 1 fully saturated rings. The zero-order valence-electron chi connectivity index (χ0n) is 19.0. The van der Waals surface area contributed by atoms with E-state index in [4.69, 9.17) is 14.2 Å². The van der Waals surface area contributed by atoms with Crippen molar-refractivity contribution in [1.82, 2.24) is 14.8 Å². The molecule has 1 aromatic heterocycles. The monoisotopic (exact) mass is 449 g/mol. The minimum Gasteiger partial charge on any atom is -0.493 e. The van der Waals surface area contributed by atoms with Crippen LogP contribution in [-0.2, 0) is 20.7 Å². The third-order valence-electron chi connectivity index (χ3n) is 6.64. The molecule has 0 saturated carbocycles. The van der Waals surface area contributed by atoms with Gasteiger partial charge in [0.05, 0.1) is 27.4 Å². The Labute approximate surface area is 192 Å². The molecule has 0 aliphatic carbocycles. The molecular weight excluding hydrogens is 422 g/mol. The van der Waals surface area contributed by atoms with Gasteiger partial charge in [-0.2, -0.15) is 0 Å². The zero-order valence-corrected chi connectivity index (χ0v) is 19.0. The predicted octanol–water partition coefficient (Wildman–Crippen LogP) is 2.52. The van der Waals surface area contributed by atoms with E-state index in [9.17, 15) is 9.59 Å². The SMILES string of the molecule is COCCN1CC(=O)N2[C@@H](c3cccc(OC)c3OC)c3[nH]c4ccccc4c3C[C@H]2C1=O. The van der Waals surface area contributed by atoms with Crippen molar-refractivity contribution in [2.75, 3.05) is 41.0 Å². The van der Waals surface area contributed by atoms with Gasteiger partial charge in [-0.3, -0.25) is 9.59 Å². The fourth-order valence-corrected chi connectivity index (χ4v) is 5.17. The summed E-state index contributed by atoms with van der Waals surface area (Å²) in [6, 6.07) is 12.6. The van der Waals surface area contributed by atoms with Crippen LogP contribution in [0.2, 0.25) is 0 Å². The first-order chi connectivity index (χ1) is 16.1. The Morgan fingerprint density at radius 3 is 2.61 bits per heavy atom. The molecule has 3 heterocycles. The Kier molecular flexibility index (Phi) is 5.46. The first-order valence-electron chi connectivity index (χ1n) is 11.0. The number of rotatable bonds is 6. The van der Waals surface area contributed by atoms with E-state index < -0.39 is 12.1 Å². The average molecular weight is 450 g/mol. The lowest BCUT2D eigenvalue weighted by Gasteiger charge is -2.47. The van der Waals surface area contributed by atoms with Gasteiger partial charge < -0.3 is 29.0 Å². The maximum atomic E-state index is 13.5. The van der Waals surface area contributed by atoms with Crippen LogP contribution in [0.15, 0.2) is 42.5 Å². The van der Waals surface area contributed by atoms with Crippen LogP contribution < -0.4 is 9.47 Å². The molecule has 0 spiro atoms. The molecule has 5 rings (SSSR count). The summed E-state index contributed by atoms with van der Waals surface area (Å²) in [7, 11) is 4.76. The number of para-hydroxylation sites is 2. The lowest BCUT2D eigenvalue weighted by Crippen LogP contribution is -2.63. The van der Waals surface area contributed by atoms with Gasteiger partial charge >= 0.3 is 0 Å². The molecule has 33 heavy (non-hydrogen) atoms. The molecule has 2 aromatic carbocycles. The zero-order chi connectivity index (χ0) is 23.1. The van der Waals surface area contributed by atoms with Crippen molar-refractivity contribution in [2.45, 2.75) is 18.5 Å². The predicted molar refractivity (Wildman–Crippen MR) is 122 cm³/mol. The molecule has 0 unspecified atom stereocenters. The summed E-state index contributed by atoms with van der Waals surface area (Å²) in [6.07, 6.45) is 0.455. The second kappa shape index (κ2) is 8.44. The fourth-order valence-electron chi connectivity index (χ4n) is 5.17. The number of nitrogens with one attached hydrogen (secondary N) is 1. The molecule has 2 atom stereocenters. The summed E-state index contributed by atoms with van der Waals surface area (Å²) >= 11 is 0. The van der Waals surface area contributed by atoms with E-state index in [0.717, 1.165) is 27.7 Å². The van der Waals surface area contributed by atoms with Gasteiger partial charge in [-0.15, -0.1) is 0 Å².